The van der Waals surface area contributed by atoms with Crippen molar-refractivity contribution in [1.82, 2.24) is 4.57 Å². The van der Waals surface area contributed by atoms with Crippen LogP contribution in [0.1, 0.15) is 49.5 Å². The Morgan fingerprint density at radius 2 is 1.76 bits per heavy atom. The van der Waals surface area contributed by atoms with Crippen LogP contribution in [-0.2, 0) is 11.3 Å². The normalized spacial score (nSPS) is 25.1. The van der Waals surface area contributed by atoms with Gasteiger partial charge in [-0.15, -0.1) is 11.8 Å². The number of carbonyl (C=O) groups excluding carboxylic acids is 1. The van der Waals surface area contributed by atoms with E-state index >= 15 is 0 Å². The van der Waals surface area contributed by atoms with E-state index in [2.05, 4.69) is 48.3 Å². The summed E-state index contributed by atoms with van der Waals surface area (Å²) in [5, 5.41) is 4.47. The number of rotatable bonds is 8. The summed E-state index contributed by atoms with van der Waals surface area (Å²) in [6.07, 6.45) is 3.89. The van der Waals surface area contributed by atoms with Crippen LogP contribution < -0.4 is 19.8 Å². The van der Waals surface area contributed by atoms with E-state index in [0.717, 1.165) is 34.7 Å². The molecular weight excluding hydrogens is 514 g/mol. The maximum atomic E-state index is 13.3. The lowest BCUT2D eigenvalue weighted by Crippen LogP contribution is -2.35. The Morgan fingerprint density at radius 3 is 2.45 bits per heavy atom. The van der Waals surface area contributed by atoms with Crippen LogP contribution in [0.15, 0.2) is 58.4 Å². The molecule has 2 aliphatic carbocycles. The van der Waals surface area contributed by atoms with Crippen molar-refractivity contribution < 1.29 is 9.53 Å². The van der Waals surface area contributed by atoms with Crippen LogP contribution in [0.2, 0.25) is 0 Å². The number of ether oxygens (including phenoxy) is 1. The summed E-state index contributed by atoms with van der Waals surface area (Å²) in [7, 11) is 1.62. The zero-order valence-electron chi connectivity index (χ0n) is 22.2. The number of nitrogens with zero attached hydrogens (tertiary/aromatic N) is 2. The van der Waals surface area contributed by atoms with Crippen molar-refractivity contribution in [3.8, 4) is 5.75 Å². The van der Waals surface area contributed by atoms with Crippen molar-refractivity contribution in [1.29, 1.82) is 0 Å². The van der Waals surface area contributed by atoms with Crippen molar-refractivity contribution in [3.05, 3.63) is 68.6 Å². The molecule has 1 N–H and O–H groups in total. The second kappa shape index (κ2) is 10.5. The topological polar surface area (TPSA) is 63.6 Å². The number of nitrogens with one attached hydrogen (secondary N) is 1. The lowest BCUT2D eigenvalue weighted by molar-refractivity contribution is -0.116. The van der Waals surface area contributed by atoms with E-state index in [4.69, 9.17) is 4.74 Å². The van der Waals surface area contributed by atoms with Gasteiger partial charge in [-0.2, -0.15) is 0 Å². The number of amides is 1. The molecule has 0 saturated heterocycles. The molecule has 0 unspecified atom stereocenters. The Labute approximate surface area is 232 Å². The highest BCUT2D eigenvalue weighted by atomic mass is 32.2. The molecule has 6 nitrogen and oxygen atoms in total. The van der Waals surface area contributed by atoms with E-state index in [1.165, 1.54) is 41.9 Å². The van der Waals surface area contributed by atoms with Crippen molar-refractivity contribution in [3.63, 3.8) is 0 Å². The second-order valence-corrected chi connectivity index (χ2v) is 12.8. The van der Waals surface area contributed by atoms with Crippen LogP contribution in [0.25, 0.3) is 0 Å². The maximum Gasteiger partial charge on any atom is 0.308 e. The van der Waals surface area contributed by atoms with Gasteiger partial charge in [0, 0.05) is 40.5 Å². The molecule has 2 bridgehead atoms. The molecule has 2 heterocycles. The third-order valence-electron chi connectivity index (χ3n) is 8.75. The number of hydrogen-bond donors (Lipinski definition) is 1. The van der Waals surface area contributed by atoms with Gasteiger partial charge in [-0.1, -0.05) is 23.5 Å². The highest BCUT2D eigenvalue weighted by Crippen LogP contribution is 2.64. The summed E-state index contributed by atoms with van der Waals surface area (Å²) in [6, 6.07) is 16.3. The average Bonchev–Trinajstić information content (AvgIpc) is 3.63. The van der Waals surface area contributed by atoms with Crippen LogP contribution in [0, 0.1) is 17.8 Å². The molecule has 3 aromatic rings. The van der Waals surface area contributed by atoms with E-state index in [1.807, 2.05) is 36.0 Å². The number of thioether (sulfide) groups is 1. The molecule has 8 heteroatoms. The number of thiazole rings is 1. The fraction of sp³-hybridized carbons (Fsp3) is 0.467. The zero-order chi connectivity index (χ0) is 26.4. The Morgan fingerprint density at radius 1 is 1.05 bits per heavy atom. The number of aromatic nitrogens is 1. The lowest BCUT2D eigenvalue weighted by atomic mass is 9.75. The molecule has 1 aromatic heterocycles. The molecule has 1 aliphatic heterocycles. The summed E-state index contributed by atoms with van der Waals surface area (Å²) in [6.45, 7) is 6.37. The molecule has 0 spiro atoms. The summed E-state index contributed by atoms with van der Waals surface area (Å²) in [5.74, 6) is 2.76. The van der Waals surface area contributed by atoms with Crippen LogP contribution in [0.4, 0.5) is 11.4 Å². The maximum absolute atomic E-state index is 13.3. The van der Waals surface area contributed by atoms with E-state index in [9.17, 15) is 9.59 Å². The molecule has 200 valence electrons. The number of benzene rings is 2. The van der Waals surface area contributed by atoms with Crippen LogP contribution >= 0.6 is 23.1 Å². The summed E-state index contributed by atoms with van der Waals surface area (Å²) in [4.78, 5) is 29.8. The summed E-state index contributed by atoms with van der Waals surface area (Å²) < 4.78 is 6.93. The number of methoxy groups -OCH3 is 1. The van der Waals surface area contributed by atoms with Gasteiger partial charge in [0.1, 0.15) is 12.3 Å². The van der Waals surface area contributed by atoms with Gasteiger partial charge in [-0.3, -0.25) is 14.2 Å². The number of fused-ring (bicyclic) bond motifs is 6. The van der Waals surface area contributed by atoms with E-state index in [1.54, 1.807) is 11.7 Å². The first-order valence-corrected chi connectivity index (χ1v) is 15.4. The Balaban J connectivity index is 1.32. The van der Waals surface area contributed by atoms with Gasteiger partial charge in [-0.25, -0.2) is 0 Å². The minimum Gasteiger partial charge on any atom is -0.497 e. The molecule has 2 fully saturated rings. The molecule has 2 aromatic carbocycles. The third kappa shape index (κ3) is 4.45. The first kappa shape index (κ1) is 25.6. The first-order valence-electron chi connectivity index (χ1n) is 13.7. The average molecular weight is 550 g/mol. The van der Waals surface area contributed by atoms with Crippen molar-refractivity contribution >= 4 is 40.4 Å². The Hall–Kier alpha value is -2.71. The first-order chi connectivity index (χ1) is 18.5. The van der Waals surface area contributed by atoms with Crippen LogP contribution in [0.3, 0.4) is 0 Å². The van der Waals surface area contributed by atoms with Crippen LogP contribution in [0.5, 0.6) is 5.75 Å². The van der Waals surface area contributed by atoms with Gasteiger partial charge in [0.15, 0.2) is 0 Å². The molecule has 3 aliphatic rings. The smallest absolute Gasteiger partial charge is 0.308 e. The highest BCUT2D eigenvalue weighted by Gasteiger charge is 2.55. The lowest BCUT2D eigenvalue weighted by Gasteiger charge is -2.40. The predicted octanol–water partition coefficient (Wildman–Crippen LogP) is 6.06. The minimum absolute atomic E-state index is 0.0306. The molecular formula is C30H35N3O3S2. The van der Waals surface area contributed by atoms with E-state index < -0.39 is 0 Å². The van der Waals surface area contributed by atoms with Crippen molar-refractivity contribution in [2.24, 2.45) is 17.8 Å². The minimum atomic E-state index is -0.186. The number of hydrogen-bond acceptors (Lipinski definition) is 6. The highest BCUT2D eigenvalue weighted by molar-refractivity contribution is 8.00. The van der Waals surface area contributed by atoms with Gasteiger partial charge in [-0.05, 0) is 92.8 Å². The fourth-order valence-corrected chi connectivity index (χ4v) is 10.1. The predicted molar refractivity (Wildman–Crippen MR) is 156 cm³/mol. The monoisotopic (exact) mass is 549 g/mol. The standard InChI is InChI=1S/C30H35N3O3S2/c1-4-32(5-2)22-12-8-18(9-13-22)25-26-19-6-7-20(16-19)27(26)37-29-28(25)38-30(35)33(29)17-24(34)31-21-10-14-23(36-3)15-11-21/h8-15,19-20,25-27H,4-7,16-17H2,1-3H3,(H,31,34)/t19-,20-,25-,26-,27+/m0/s1. The van der Waals surface area contributed by atoms with Gasteiger partial charge >= 0.3 is 4.87 Å². The third-order valence-corrected chi connectivity index (χ3v) is 11.6. The SMILES string of the molecule is CCN(CC)c1ccc([C@@H]2c3sc(=O)n(CC(=O)Nc4ccc(OC)cc4)c3S[C@@H]3[C@H]4CC[C@@H](C4)[C@@H]23)cc1. The molecule has 2 saturated carbocycles. The van der Waals surface area contributed by atoms with Crippen LogP contribution in [-0.4, -0.2) is 35.9 Å². The molecule has 1 amide bonds. The Bertz CT molecular complexity index is 1360. The largest absolute Gasteiger partial charge is 0.497 e. The van der Waals surface area contributed by atoms with E-state index in [-0.39, 0.29) is 23.2 Å². The summed E-state index contributed by atoms with van der Waals surface area (Å²) >= 11 is 3.22. The molecule has 5 atom stereocenters. The van der Waals surface area contributed by atoms with Gasteiger partial charge < -0.3 is 15.0 Å². The van der Waals surface area contributed by atoms with Crippen molar-refractivity contribution in [2.75, 3.05) is 30.4 Å². The molecule has 0 radical (unpaired) electrons. The zero-order valence-corrected chi connectivity index (χ0v) is 23.8. The van der Waals surface area contributed by atoms with Crippen molar-refractivity contribution in [2.45, 2.75) is 55.8 Å². The molecule has 6 rings (SSSR count). The van der Waals surface area contributed by atoms with Gasteiger partial charge in [0.2, 0.25) is 5.91 Å². The Kier molecular flexibility index (Phi) is 7.03. The second-order valence-electron chi connectivity index (χ2n) is 10.6. The van der Waals surface area contributed by atoms with Gasteiger partial charge in [0.25, 0.3) is 0 Å². The molecule has 38 heavy (non-hydrogen) atoms. The quantitative estimate of drug-likeness (QED) is 0.370. The fourth-order valence-electron chi connectivity index (χ4n) is 6.96. The summed E-state index contributed by atoms with van der Waals surface area (Å²) in [5.41, 5.74) is 3.25. The number of carbonyl (C=O) groups is 1. The van der Waals surface area contributed by atoms with E-state index in [0.29, 0.717) is 22.8 Å². The van der Waals surface area contributed by atoms with Gasteiger partial charge in [0.05, 0.1) is 12.1 Å². The number of anilines is 2.